The van der Waals surface area contributed by atoms with Gasteiger partial charge in [-0.3, -0.25) is 0 Å². The molecule has 2 heteroatoms. The lowest BCUT2D eigenvalue weighted by molar-refractivity contribution is 0.00527. The van der Waals surface area contributed by atoms with E-state index in [2.05, 4.69) is 12.2 Å². The average Bonchev–Trinajstić information content (AvgIpc) is 2.53. The van der Waals surface area contributed by atoms with Gasteiger partial charge in [-0.25, -0.2) is 0 Å². The Morgan fingerprint density at radius 3 is 3.18 bits per heavy atom. The fraction of sp³-hybridized carbons (Fsp3) is 1.00. The highest BCUT2D eigenvalue weighted by molar-refractivity contribution is 5.08. The van der Waals surface area contributed by atoms with Crippen LogP contribution in [0.1, 0.15) is 19.8 Å². The average molecular weight is 153 g/mol. The normalized spacial score (nSPS) is 60.3. The molecule has 1 N–H and O–H groups in total. The van der Waals surface area contributed by atoms with Crippen molar-refractivity contribution in [3.8, 4) is 0 Å². The van der Waals surface area contributed by atoms with E-state index < -0.39 is 0 Å². The summed E-state index contributed by atoms with van der Waals surface area (Å²) in [6, 6.07) is 0. The van der Waals surface area contributed by atoms with Crippen LogP contribution in [0.15, 0.2) is 0 Å². The monoisotopic (exact) mass is 153 g/mol. The molecule has 0 aliphatic carbocycles. The zero-order valence-electron chi connectivity index (χ0n) is 6.97. The van der Waals surface area contributed by atoms with Crippen molar-refractivity contribution in [3.05, 3.63) is 0 Å². The Kier molecular flexibility index (Phi) is 1.06. The van der Waals surface area contributed by atoms with Gasteiger partial charge in [0.25, 0.3) is 0 Å². The van der Waals surface area contributed by atoms with Crippen molar-refractivity contribution in [1.82, 2.24) is 5.32 Å². The third-order valence-electron chi connectivity index (χ3n) is 3.87. The van der Waals surface area contributed by atoms with Gasteiger partial charge in [-0.1, -0.05) is 0 Å². The van der Waals surface area contributed by atoms with Gasteiger partial charge >= 0.3 is 0 Å². The van der Waals surface area contributed by atoms with Crippen molar-refractivity contribution in [2.24, 2.45) is 11.8 Å². The van der Waals surface area contributed by atoms with Gasteiger partial charge in [0, 0.05) is 24.9 Å². The Balaban J connectivity index is 1.98. The quantitative estimate of drug-likeness (QED) is 0.555. The summed E-state index contributed by atoms with van der Waals surface area (Å²) in [6.07, 6.45) is 3.19. The van der Waals surface area contributed by atoms with Gasteiger partial charge < -0.3 is 10.1 Å². The van der Waals surface area contributed by atoms with Crippen molar-refractivity contribution in [2.75, 3.05) is 13.1 Å². The van der Waals surface area contributed by atoms with E-state index in [1.807, 2.05) is 0 Å². The molecule has 3 aliphatic heterocycles. The molecule has 4 atom stereocenters. The van der Waals surface area contributed by atoms with Crippen LogP contribution in [0.2, 0.25) is 0 Å². The zero-order chi connectivity index (χ0) is 7.47. The third-order valence-corrected chi connectivity index (χ3v) is 3.87. The van der Waals surface area contributed by atoms with Gasteiger partial charge in [-0.15, -0.1) is 0 Å². The van der Waals surface area contributed by atoms with Crippen molar-refractivity contribution >= 4 is 0 Å². The van der Waals surface area contributed by atoms with Crippen LogP contribution in [0.25, 0.3) is 0 Å². The number of nitrogens with one attached hydrogen (secondary N) is 1. The van der Waals surface area contributed by atoms with E-state index in [1.54, 1.807) is 0 Å². The smallest absolute Gasteiger partial charge is 0.0703 e. The molecule has 0 spiro atoms. The molecule has 0 saturated carbocycles. The van der Waals surface area contributed by atoms with Crippen molar-refractivity contribution in [3.63, 3.8) is 0 Å². The van der Waals surface area contributed by atoms with Crippen molar-refractivity contribution in [2.45, 2.75) is 31.5 Å². The Hall–Kier alpha value is -0.0800. The molecule has 0 radical (unpaired) electrons. The summed E-state index contributed by atoms with van der Waals surface area (Å²) in [5.74, 6) is 1.66. The molecule has 3 saturated heterocycles. The molecule has 3 heterocycles. The second-order valence-corrected chi connectivity index (χ2v) is 4.44. The van der Waals surface area contributed by atoms with Crippen LogP contribution >= 0.6 is 0 Å². The summed E-state index contributed by atoms with van der Waals surface area (Å²) in [5, 5.41) is 3.47. The Morgan fingerprint density at radius 1 is 1.45 bits per heavy atom. The molecule has 0 aromatic carbocycles. The predicted octanol–water partition coefficient (Wildman–Crippen LogP) is 0.773. The molecule has 2 bridgehead atoms. The van der Waals surface area contributed by atoms with Gasteiger partial charge in [-0.05, 0) is 19.8 Å². The lowest BCUT2D eigenvalue weighted by Crippen LogP contribution is -2.34. The minimum Gasteiger partial charge on any atom is -0.371 e. The van der Waals surface area contributed by atoms with E-state index in [1.165, 1.54) is 25.9 Å². The summed E-state index contributed by atoms with van der Waals surface area (Å²) >= 11 is 0. The zero-order valence-corrected chi connectivity index (χ0v) is 6.97. The van der Waals surface area contributed by atoms with E-state index in [0.29, 0.717) is 6.10 Å². The summed E-state index contributed by atoms with van der Waals surface area (Å²) in [4.78, 5) is 0. The maximum absolute atomic E-state index is 5.99. The van der Waals surface area contributed by atoms with Gasteiger partial charge in [0.1, 0.15) is 0 Å². The van der Waals surface area contributed by atoms with E-state index >= 15 is 0 Å². The van der Waals surface area contributed by atoms with Crippen molar-refractivity contribution < 1.29 is 4.74 Å². The SMILES string of the molecule is C[C@]12CC[C@@H](O1)[C@H]1CNC[C@@H]12. The maximum Gasteiger partial charge on any atom is 0.0703 e. The molecule has 0 aromatic heterocycles. The van der Waals surface area contributed by atoms with E-state index in [-0.39, 0.29) is 5.60 Å². The minimum absolute atomic E-state index is 0.249. The first kappa shape index (κ1) is 6.44. The van der Waals surface area contributed by atoms with Gasteiger partial charge in [0.2, 0.25) is 0 Å². The molecule has 3 aliphatic rings. The standard InChI is InChI=1S/C9H15NO/c1-9-3-2-8(11-9)6-4-10-5-7(6)9/h6-8,10H,2-5H2,1H3/t6-,7-,8+,9+/m0/s1. The Morgan fingerprint density at radius 2 is 2.36 bits per heavy atom. The van der Waals surface area contributed by atoms with Gasteiger partial charge in [0.05, 0.1) is 11.7 Å². The number of ether oxygens (including phenoxy) is 1. The van der Waals surface area contributed by atoms with Crippen LogP contribution in [-0.4, -0.2) is 24.8 Å². The molecule has 0 unspecified atom stereocenters. The Labute approximate surface area is 67.3 Å². The Bertz CT molecular complexity index is 194. The summed E-state index contributed by atoms with van der Waals surface area (Å²) in [7, 11) is 0. The topological polar surface area (TPSA) is 21.3 Å². The molecule has 11 heavy (non-hydrogen) atoms. The summed E-state index contributed by atoms with van der Waals surface area (Å²) in [5.41, 5.74) is 0.249. The highest BCUT2D eigenvalue weighted by Crippen LogP contribution is 2.52. The number of hydrogen-bond donors (Lipinski definition) is 1. The molecular formula is C9H15NO. The predicted molar refractivity (Wildman–Crippen MR) is 42.4 cm³/mol. The fourth-order valence-electron chi connectivity index (χ4n) is 3.23. The fourth-order valence-corrected chi connectivity index (χ4v) is 3.23. The number of hydrogen-bond acceptors (Lipinski definition) is 2. The lowest BCUT2D eigenvalue weighted by atomic mass is 9.75. The van der Waals surface area contributed by atoms with Gasteiger partial charge in [-0.2, -0.15) is 0 Å². The number of fused-ring (bicyclic) bond motifs is 5. The molecular weight excluding hydrogens is 138 g/mol. The van der Waals surface area contributed by atoms with E-state index in [4.69, 9.17) is 4.74 Å². The first-order valence-corrected chi connectivity index (χ1v) is 4.68. The molecule has 62 valence electrons. The molecule has 3 rings (SSSR count). The number of rotatable bonds is 0. The maximum atomic E-state index is 5.99. The van der Waals surface area contributed by atoms with Crippen LogP contribution in [-0.2, 0) is 4.74 Å². The van der Waals surface area contributed by atoms with E-state index in [9.17, 15) is 0 Å². The first-order chi connectivity index (χ1) is 5.30. The third kappa shape index (κ3) is 0.651. The lowest BCUT2D eigenvalue weighted by Gasteiger charge is -2.27. The summed E-state index contributed by atoms with van der Waals surface area (Å²) in [6.45, 7) is 4.69. The van der Waals surface area contributed by atoms with Crippen LogP contribution in [0.3, 0.4) is 0 Å². The largest absolute Gasteiger partial charge is 0.371 e. The van der Waals surface area contributed by atoms with Crippen molar-refractivity contribution in [1.29, 1.82) is 0 Å². The van der Waals surface area contributed by atoms with Gasteiger partial charge in [0.15, 0.2) is 0 Å². The molecule has 0 aromatic rings. The van der Waals surface area contributed by atoms with E-state index in [0.717, 1.165) is 11.8 Å². The highest BCUT2D eigenvalue weighted by Gasteiger charge is 2.57. The minimum atomic E-state index is 0.249. The molecule has 3 fully saturated rings. The first-order valence-electron chi connectivity index (χ1n) is 4.68. The van der Waals surface area contributed by atoms with Crippen LogP contribution in [0, 0.1) is 11.8 Å². The molecule has 2 nitrogen and oxygen atoms in total. The summed E-state index contributed by atoms with van der Waals surface area (Å²) < 4.78 is 5.99. The highest BCUT2D eigenvalue weighted by atomic mass is 16.5. The van der Waals surface area contributed by atoms with Crippen LogP contribution in [0.5, 0.6) is 0 Å². The van der Waals surface area contributed by atoms with Crippen LogP contribution < -0.4 is 5.32 Å². The second kappa shape index (κ2) is 1.80. The second-order valence-electron chi connectivity index (χ2n) is 4.44. The molecule has 0 amide bonds. The van der Waals surface area contributed by atoms with Crippen LogP contribution in [0.4, 0.5) is 0 Å².